The van der Waals surface area contributed by atoms with E-state index in [9.17, 15) is 9.59 Å². The van der Waals surface area contributed by atoms with Crippen molar-refractivity contribution < 1.29 is 19.4 Å². The Morgan fingerprint density at radius 3 is 2.41 bits per heavy atom. The van der Waals surface area contributed by atoms with E-state index in [-0.39, 0.29) is 30.3 Å². The van der Waals surface area contributed by atoms with E-state index < -0.39 is 5.97 Å². The first-order valence-electron chi connectivity index (χ1n) is 7.54. The Kier molecular flexibility index (Phi) is 6.56. The third-order valence-electron chi connectivity index (χ3n) is 3.80. The van der Waals surface area contributed by atoms with Crippen LogP contribution in [0.2, 0.25) is 0 Å². The van der Waals surface area contributed by atoms with E-state index in [1.165, 1.54) is 6.92 Å². The maximum atomic E-state index is 11.5. The average molecular weight is 307 g/mol. The first-order valence-corrected chi connectivity index (χ1v) is 7.54. The normalized spacial score (nSPS) is 15.0. The fraction of sp³-hybridized carbons (Fsp3) is 0.529. The molecule has 0 bridgehead atoms. The molecule has 122 valence electrons. The number of ether oxygens (including phenoxy) is 1. The highest BCUT2D eigenvalue weighted by atomic mass is 16.5. The van der Waals surface area contributed by atoms with Gasteiger partial charge in [-0.05, 0) is 32.3 Å². The summed E-state index contributed by atoms with van der Waals surface area (Å²) >= 11 is 0. The molecule has 22 heavy (non-hydrogen) atoms. The van der Waals surface area contributed by atoms with Crippen LogP contribution in [0.4, 0.5) is 0 Å². The van der Waals surface area contributed by atoms with Gasteiger partial charge < -0.3 is 15.6 Å². The van der Waals surface area contributed by atoms with Crippen LogP contribution in [0.1, 0.15) is 50.0 Å². The molecule has 0 saturated carbocycles. The summed E-state index contributed by atoms with van der Waals surface area (Å²) in [7, 11) is 0. The number of carboxylic acid groups (broad SMARTS) is 1. The van der Waals surface area contributed by atoms with Crippen molar-refractivity contribution in [2.75, 3.05) is 0 Å². The molecule has 1 aromatic carbocycles. The van der Waals surface area contributed by atoms with Gasteiger partial charge in [0.25, 0.3) is 0 Å². The van der Waals surface area contributed by atoms with Crippen LogP contribution in [0.3, 0.4) is 0 Å². The number of carbonyl (C=O) groups is 2. The van der Waals surface area contributed by atoms with Gasteiger partial charge in [-0.1, -0.05) is 26.0 Å². The monoisotopic (exact) mass is 307 g/mol. The van der Waals surface area contributed by atoms with E-state index >= 15 is 0 Å². The maximum Gasteiger partial charge on any atom is 0.307 e. The zero-order valence-electron chi connectivity index (χ0n) is 13.6. The molecule has 0 amide bonds. The third-order valence-corrected chi connectivity index (χ3v) is 3.80. The van der Waals surface area contributed by atoms with Crippen LogP contribution in [0.25, 0.3) is 0 Å². The highest BCUT2D eigenvalue weighted by molar-refractivity contribution is 5.94. The van der Waals surface area contributed by atoms with Gasteiger partial charge in [-0.25, -0.2) is 0 Å². The molecule has 3 N–H and O–H groups in total. The smallest absolute Gasteiger partial charge is 0.307 e. The Morgan fingerprint density at radius 1 is 1.32 bits per heavy atom. The molecule has 1 aromatic rings. The summed E-state index contributed by atoms with van der Waals surface area (Å²) < 4.78 is 6.01. The zero-order chi connectivity index (χ0) is 16.9. The van der Waals surface area contributed by atoms with Gasteiger partial charge in [0.05, 0.1) is 6.42 Å². The number of ketones is 1. The Bertz CT molecular complexity index is 539. The van der Waals surface area contributed by atoms with Gasteiger partial charge in [0.2, 0.25) is 0 Å². The van der Waals surface area contributed by atoms with Gasteiger partial charge in [-0.15, -0.1) is 0 Å². The Labute approximate surface area is 131 Å². The second-order valence-electron chi connectivity index (χ2n) is 5.78. The molecule has 3 atom stereocenters. The van der Waals surface area contributed by atoms with Crippen molar-refractivity contribution in [3.63, 3.8) is 0 Å². The van der Waals surface area contributed by atoms with Crippen molar-refractivity contribution in [1.82, 2.24) is 0 Å². The fourth-order valence-electron chi connectivity index (χ4n) is 2.31. The van der Waals surface area contributed by atoms with Crippen molar-refractivity contribution in [3.8, 4) is 5.75 Å². The summed E-state index contributed by atoms with van der Waals surface area (Å²) in [5.41, 5.74) is 7.05. The maximum absolute atomic E-state index is 11.5. The molecule has 0 saturated heterocycles. The Balaban J connectivity index is 3.19. The van der Waals surface area contributed by atoms with Crippen molar-refractivity contribution in [2.24, 2.45) is 11.7 Å². The van der Waals surface area contributed by atoms with E-state index in [4.69, 9.17) is 15.6 Å². The van der Waals surface area contributed by atoms with E-state index in [2.05, 4.69) is 0 Å². The Morgan fingerprint density at radius 2 is 1.95 bits per heavy atom. The predicted octanol–water partition coefficient (Wildman–Crippen LogP) is 2.66. The lowest BCUT2D eigenvalue weighted by molar-refractivity contribution is -0.136. The molecule has 2 unspecified atom stereocenters. The fourth-order valence-corrected chi connectivity index (χ4v) is 2.31. The predicted molar refractivity (Wildman–Crippen MR) is 85.3 cm³/mol. The summed E-state index contributed by atoms with van der Waals surface area (Å²) in [6.45, 7) is 7.42. The average Bonchev–Trinajstić information content (AvgIpc) is 2.44. The first kappa shape index (κ1) is 18.2. The molecule has 5 heteroatoms. The molecule has 0 aliphatic carbocycles. The summed E-state index contributed by atoms with van der Waals surface area (Å²) in [6, 6.07) is 4.67. The molecule has 0 aromatic heterocycles. The van der Waals surface area contributed by atoms with Crippen LogP contribution in [0, 0.1) is 5.92 Å². The van der Waals surface area contributed by atoms with Gasteiger partial charge in [-0.2, -0.15) is 0 Å². The van der Waals surface area contributed by atoms with E-state index in [0.29, 0.717) is 16.9 Å². The standard InChI is InChI=1S/C17H25NO4/c1-5-10(2)17(11(3)18)22-15-8-13(12(4)19)6-7-14(15)9-16(20)21/h6-8,10-11,17H,5,9,18H2,1-4H3,(H,20,21)/t10?,11?,17-/m0/s1. The number of benzene rings is 1. The van der Waals surface area contributed by atoms with Crippen molar-refractivity contribution in [1.29, 1.82) is 0 Å². The molecule has 0 heterocycles. The molecular weight excluding hydrogens is 282 g/mol. The second-order valence-corrected chi connectivity index (χ2v) is 5.78. The van der Waals surface area contributed by atoms with Gasteiger partial charge in [0, 0.05) is 17.2 Å². The molecular formula is C17H25NO4. The van der Waals surface area contributed by atoms with Crippen LogP contribution in [-0.2, 0) is 11.2 Å². The lowest BCUT2D eigenvalue weighted by Gasteiger charge is -2.28. The first-order chi connectivity index (χ1) is 10.3. The van der Waals surface area contributed by atoms with Crippen LogP contribution >= 0.6 is 0 Å². The molecule has 0 spiro atoms. The SMILES string of the molecule is CCC(C)[C@H](Oc1cc(C(C)=O)ccc1CC(=O)O)C(C)N. The topological polar surface area (TPSA) is 89.6 Å². The van der Waals surface area contributed by atoms with Crippen LogP contribution in [-0.4, -0.2) is 29.0 Å². The summed E-state index contributed by atoms with van der Waals surface area (Å²) in [5.74, 6) is -0.384. The number of aliphatic carboxylic acids is 1. The highest BCUT2D eigenvalue weighted by Gasteiger charge is 2.23. The Hall–Kier alpha value is -1.88. The van der Waals surface area contributed by atoms with Gasteiger partial charge in [-0.3, -0.25) is 9.59 Å². The van der Waals surface area contributed by atoms with Crippen LogP contribution in [0.5, 0.6) is 5.75 Å². The number of Topliss-reactive ketones (excluding diaryl/α,β-unsaturated/α-hetero) is 1. The highest BCUT2D eigenvalue weighted by Crippen LogP contribution is 2.26. The minimum absolute atomic E-state index is 0.0902. The quantitative estimate of drug-likeness (QED) is 0.721. The number of rotatable bonds is 8. The van der Waals surface area contributed by atoms with Crippen molar-refractivity contribution in [2.45, 2.75) is 52.7 Å². The lowest BCUT2D eigenvalue weighted by Crippen LogP contribution is -2.41. The molecule has 0 aliphatic rings. The number of carboxylic acids is 1. The molecule has 0 aliphatic heterocycles. The van der Waals surface area contributed by atoms with Gasteiger partial charge in [0.15, 0.2) is 5.78 Å². The molecule has 0 radical (unpaired) electrons. The van der Waals surface area contributed by atoms with Crippen LogP contribution < -0.4 is 10.5 Å². The summed E-state index contributed by atoms with van der Waals surface area (Å²) in [6.07, 6.45) is 0.506. The number of nitrogens with two attached hydrogens (primary N) is 1. The summed E-state index contributed by atoms with van der Waals surface area (Å²) in [4.78, 5) is 22.5. The minimum atomic E-state index is -0.943. The second kappa shape index (κ2) is 7.94. The summed E-state index contributed by atoms with van der Waals surface area (Å²) in [5, 5.41) is 9.02. The third kappa shape index (κ3) is 4.84. The minimum Gasteiger partial charge on any atom is -0.488 e. The van der Waals surface area contributed by atoms with Crippen molar-refractivity contribution in [3.05, 3.63) is 29.3 Å². The van der Waals surface area contributed by atoms with Crippen molar-refractivity contribution >= 4 is 11.8 Å². The molecule has 1 rings (SSSR count). The van der Waals surface area contributed by atoms with E-state index in [1.54, 1.807) is 18.2 Å². The zero-order valence-corrected chi connectivity index (χ0v) is 13.6. The van der Waals surface area contributed by atoms with E-state index in [0.717, 1.165) is 6.42 Å². The lowest BCUT2D eigenvalue weighted by atomic mass is 9.96. The van der Waals surface area contributed by atoms with E-state index in [1.807, 2.05) is 20.8 Å². The number of hydrogen-bond acceptors (Lipinski definition) is 4. The number of hydrogen-bond donors (Lipinski definition) is 2. The molecule has 5 nitrogen and oxygen atoms in total. The van der Waals surface area contributed by atoms with Gasteiger partial charge in [0.1, 0.15) is 11.9 Å². The molecule has 0 fully saturated rings. The van der Waals surface area contributed by atoms with Gasteiger partial charge >= 0.3 is 5.97 Å². The van der Waals surface area contributed by atoms with Crippen LogP contribution in [0.15, 0.2) is 18.2 Å². The largest absolute Gasteiger partial charge is 0.488 e. The number of carbonyl (C=O) groups excluding carboxylic acids is 1.